The molecule has 0 spiro atoms. The van der Waals surface area contributed by atoms with Gasteiger partial charge in [0.2, 0.25) is 0 Å². The summed E-state index contributed by atoms with van der Waals surface area (Å²) in [5.74, 6) is 0.740. The van der Waals surface area contributed by atoms with Gasteiger partial charge in [0.25, 0.3) is 0 Å². The highest BCUT2D eigenvalue weighted by Gasteiger charge is 2.17. The molecule has 102 valence electrons. The molecular weight excluding hydrogens is 220 g/mol. The third-order valence-corrected chi connectivity index (χ3v) is 3.61. The number of benzene rings is 1. The van der Waals surface area contributed by atoms with E-state index in [1.165, 1.54) is 23.1 Å². The summed E-state index contributed by atoms with van der Waals surface area (Å²) in [6.07, 6.45) is 1.22. The predicted molar refractivity (Wildman–Crippen MR) is 79.8 cm³/mol. The second-order valence-electron chi connectivity index (χ2n) is 5.77. The van der Waals surface area contributed by atoms with E-state index in [1.807, 2.05) is 0 Å². The zero-order valence-corrected chi connectivity index (χ0v) is 12.5. The smallest absolute Gasteiger partial charge is 0.0470 e. The topological polar surface area (TPSA) is 29.3 Å². The minimum Gasteiger partial charge on any atom is -0.329 e. The summed E-state index contributed by atoms with van der Waals surface area (Å²) in [4.78, 5) is 2.39. The van der Waals surface area contributed by atoms with Gasteiger partial charge in [-0.2, -0.15) is 0 Å². The summed E-state index contributed by atoms with van der Waals surface area (Å²) in [5, 5.41) is 0. The van der Waals surface area contributed by atoms with E-state index in [0.717, 1.165) is 12.5 Å². The van der Waals surface area contributed by atoms with Gasteiger partial charge in [-0.25, -0.2) is 0 Å². The van der Waals surface area contributed by atoms with Crippen molar-refractivity contribution in [2.75, 3.05) is 20.1 Å². The van der Waals surface area contributed by atoms with Gasteiger partial charge in [-0.1, -0.05) is 37.6 Å². The number of nitrogens with zero attached hydrogens (tertiary/aromatic N) is 1. The maximum atomic E-state index is 5.99. The van der Waals surface area contributed by atoms with E-state index in [2.05, 4.69) is 57.8 Å². The Morgan fingerprint density at radius 2 is 1.89 bits per heavy atom. The Labute approximate surface area is 112 Å². The molecule has 0 fully saturated rings. The van der Waals surface area contributed by atoms with Gasteiger partial charge in [-0.3, -0.25) is 4.90 Å². The Balaban J connectivity index is 2.84. The fraction of sp³-hybridized carbons (Fsp3) is 0.625. The monoisotopic (exact) mass is 248 g/mol. The molecule has 0 saturated heterocycles. The van der Waals surface area contributed by atoms with Crippen LogP contribution in [-0.2, 0) is 0 Å². The standard InChI is InChI=1S/C16H28N2/c1-12(2)8-9-18(5)16(11-17)15-10-13(3)6-7-14(15)4/h6-7,10,12,16H,8-9,11,17H2,1-5H3. The SMILES string of the molecule is Cc1ccc(C)c(C(CN)N(C)CCC(C)C)c1. The number of rotatable bonds is 6. The molecule has 0 amide bonds. The molecule has 0 radical (unpaired) electrons. The zero-order chi connectivity index (χ0) is 13.7. The highest BCUT2D eigenvalue weighted by Crippen LogP contribution is 2.23. The van der Waals surface area contributed by atoms with Crippen LogP contribution in [0.1, 0.15) is 43.0 Å². The largest absolute Gasteiger partial charge is 0.329 e. The molecule has 2 heteroatoms. The molecular formula is C16H28N2. The Morgan fingerprint density at radius 3 is 2.44 bits per heavy atom. The lowest BCUT2D eigenvalue weighted by molar-refractivity contribution is 0.235. The van der Waals surface area contributed by atoms with Crippen LogP contribution in [0.4, 0.5) is 0 Å². The van der Waals surface area contributed by atoms with E-state index < -0.39 is 0 Å². The lowest BCUT2D eigenvalue weighted by Gasteiger charge is -2.29. The summed E-state index contributed by atoms with van der Waals surface area (Å²) in [5.41, 5.74) is 10.0. The minimum atomic E-state index is 0.337. The van der Waals surface area contributed by atoms with E-state index in [0.29, 0.717) is 12.6 Å². The van der Waals surface area contributed by atoms with Crippen molar-refractivity contribution in [2.45, 2.75) is 40.2 Å². The first kappa shape index (κ1) is 15.2. The van der Waals surface area contributed by atoms with Crippen LogP contribution in [-0.4, -0.2) is 25.0 Å². The van der Waals surface area contributed by atoms with Crippen LogP contribution in [0.25, 0.3) is 0 Å². The fourth-order valence-corrected chi connectivity index (χ4v) is 2.28. The number of hydrogen-bond acceptors (Lipinski definition) is 2. The average molecular weight is 248 g/mol. The summed E-state index contributed by atoms with van der Waals surface area (Å²) in [7, 11) is 2.18. The van der Waals surface area contributed by atoms with Gasteiger partial charge in [0.1, 0.15) is 0 Å². The van der Waals surface area contributed by atoms with E-state index in [4.69, 9.17) is 5.73 Å². The molecule has 0 aromatic heterocycles. The summed E-state index contributed by atoms with van der Waals surface area (Å²) in [6.45, 7) is 10.6. The maximum absolute atomic E-state index is 5.99. The van der Waals surface area contributed by atoms with Gasteiger partial charge >= 0.3 is 0 Å². The molecule has 1 rings (SSSR count). The average Bonchev–Trinajstić information content (AvgIpc) is 2.32. The minimum absolute atomic E-state index is 0.337. The molecule has 1 atom stereocenters. The van der Waals surface area contributed by atoms with Crippen molar-refractivity contribution < 1.29 is 0 Å². The van der Waals surface area contributed by atoms with Crippen molar-refractivity contribution in [3.8, 4) is 0 Å². The Bertz CT molecular complexity index is 371. The maximum Gasteiger partial charge on any atom is 0.0470 e. The van der Waals surface area contributed by atoms with E-state index >= 15 is 0 Å². The van der Waals surface area contributed by atoms with Crippen LogP contribution < -0.4 is 5.73 Å². The molecule has 1 aromatic carbocycles. The van der Waals surface area contributed by atoms with Crippen LogP contribution in [0.2, 0.25) is 0 Å². The third kappa shape index (κ3) is 4.11. The van der Waals surface area contributed by atoms with Crippen LogP contribution in [0.15, 0.2) is 18.2 Å². The van der Waals surface area contributed by atoms with Crippen molar-refractivity contribution in [2.24, 2.45) is 11.7 Å². The van der Waals surface area contributed by atoms with Crippen molar-refractivity contribution in [3.05, 3.63) is 34.9 Å². The number of likely N-dealkylation sites (N-methyl/N-ethyl adjacent to an activating group) is 1. The van der Waals surface area contributed by atoms with Gasteiger partial charge in [-0.15, -0.1) is 0 Å². The second kappa shape index (κ2) is 6.91. The van der Waals surface area contributed by atoms with E-state index in [-0.39, 0.29) is 0 Å². The van der Waals surface area contributed by atoms with E-state index in [9.17, 15) is 0 Å². The number of aryl methyl sites for hydroxylation is 2. The quantitative estimate of drug-likeness (QED) is 0.837. The van der Waals surface area contributed by atoms with Gasteiger partial charge in [0.15, 0.2) is 0 Å². The number of nitrogens with two attached hydrogens (primary N) is 1. The molecule has 0 aliphatic rings. The van der Waals surface area contributed by atoms with Crippen LogP contribution in [0, 0.1) is 19.8 Å². The lowest BCUT2D eigenvalue weighted by Crippen LogP contribution is -2.32. The van der Waals surface area contributed by atoms with E-state index in [1.54, 1.807) is 0 Å². The van der Waals surface area contributed by atoms with Crippen molar-refractivity contribution in [1.29, 1.82) is 0 Å². The van der Waals surface area contributed by atoms with Gasteiger partial charge in [0, 0.05) is 12.6 Å². The summed E-state index contributed by atoms with van der Waals surface area (Å²) in [6, 6.07) is 6.98. The second-order valence-corrected chi connectivity index (χ2v) is 5.77. The molecule has 2 N–H and O–H groups in total. The molecule has 0 aliphatic heterocycles. The number of hydrogen-bond donors (Lipinski definition) is 1. The Hall–Kier alpha value is -0.860. The Morgan fingerprint density at radius 1 is 1.22 bits per heavy atom. The fourth-order valence-electron chi connectivity index (χ4n) is 2.28. The first-order valence-corrected chi connectivity index (χ1v) is 6.93. The molecule has 1 aromatic rings. The molecule has 0 bridgehead atoms. The zero-order valence-electron chi connectivity index (χ0n) is 12.5. The predicted octanol–water partition coefficient (Wildman–Crippen LogP) is 3.28. The first-order chi connectivity index (χ1) is 8.45. The lowest BCUT2D eigenvalue weighted by atomic mass is 9.97. The van der Waals surface area contributed by atoms with Crippen molar-refractivity contribution in [1.82, 2.24) is 4.90 Å². The molecule has 0 heterocycles. The third-order valence-electron chi connectivity index (χ3n) is 3.61. The van der Waals surface area contributed by atoms with Gasteiger partial charge in [-0.05, 0) is 50.9 Å². The summed E-state index contributed by atoms with van der Waals surface area (Å²) < 4.78 is 0. The van der Waals surface area contributed by atoms with Crippen molar-refractivity contribution >= 4 is 0 Å². The molecule has 1 unspecified atom stereocenters. The highest BCUT2D eigenvalue weighted by atomic mass is 15.1. The molecule has 2 nitrogen and oxygen atoms in total. The molecule has 0 aliphatic carbocycles. The summed E-state index contributed by atoms with van der Waals surface area (Å²) >= 11 is 0. The van der Waals surface area contributed by atoms with Crippen LogP contribution in [0.5, 0.6) is 0 Å². The highest BCUT2D eigenvalue weighted by molar-refractivity contribution is 5.33. The normalized spacial score (nSPS) is 13.3. The Kier molecular flexibility index (Phi) is 5.83. The van der Waals surface area contributed by atoms with Crippen LogP contribution >= 0.6 is 0 Å². The van der Waals surface area contributed by atoms with Crippen molar-refractivity contribution in [3.63, 3.8) is 0 Å². The first-order valence-electron chi connectivity index (χ1n) is 6.93. The van der Waals surface area contributed by atoms with Gasteiger partial charge in [0.05, 0.1) is 0 Å². The van der Waals surface area contributed by atoms with Crippen LogP contribution in [0.3, 0.4) is 0 Å². The molecule has 0 saturated carbocycles. The molecule has 18 heavy (non-hydrogen) atoms. The van der Waals surface area contributed by atoms with Gasteiger partial charge < -0.3 is 5.73 Å².